The summed E-state index contributed by atoms with van der Waals surface area (Å²) in [6, 6.07) is 16.8. The summed E-state index contributed by atoms with van der Waals surface area (Å²) in [5, 5.41) is 14.7. The molecule has 0 aromatic heterocycles. The van der Waals surface area contributed by atoms with Crippen LogP contribution in [0.25, 0.3) is 0 Å². The zero-order valence-corrected chi connectivity index (χ0v) is 14.5. The zero-order chi connectivity index (χ0) is 18.4. The summed E-state index contributed by atoms with van der Waals surface area (Å²) in [6.45, 7) is 3.08. The molecule has 2 amide bonds. The van der Waals surface area contributed by atoms with E-state index in [0.29, 0.717) is 6.54 Å². The second-order valence-corrected chi connectivity index (χ2v) is 6.54. The minimum absolute atomic E-state index is 0.146. The van der Waals surface area contributed by atoms with Crippen LogP contribution in [0.5, 0.6) is 0 Å². The summed E-state index contributed by atoms with van der Waals surface area (Å²) in [4.78, 5) is 25.2. The van der Waals surface area contributed by atoms with E-state index in [1.165, 1.54) is 17.7 Å². The molecule has 1 atom stereocenters. The van der Waals surface area contributed by atoms with Gasteiger partial charge in [0.1, 0.15) is 0 Å². The van der Waals surface area contributed by atoms with Gasteiger partial charge in [-0.3, -0.25) is 4.90 Å². The van der Waals surface area contributed by atoms with E-state index in [2.05, 4.69) is 27.7 Å². The summed E-state index contributed by atoms with van der Waals surface area (Å²) >= 11 is 0. The van der Waals surface area contributed by atoms with Gasteiger partial charge in [-0.1, -0.05) is 42.5 Å². The molecule has 3 rings (SSSR count). The molecule has 0 radical (unpaired) electrons. The highest BCUT2D eigenvalue weighted by Crippen LogP contribution is 2.13. The van der Waals surface area contributed by atoms with Crippen molar-refractivity contribution in [2.24, 2.45) is 0 Å². The van der Waals surface area contributed by atoms with Crippen molar-refractivity contribution in [2.45, 2.75) is 25.6 Å². The fourth-order valence-electron chi connectivity index (χ4n) is 3.12. The van der Waals surface area contributed by atoms with Gasteiger partial charge in [0.15, 0.2) is 0 Å². The van der Waals surface area contributed by atoms with Crippen LogP contribution < -0.4 is 10.6 Å². The van der Waals surface area contributed by atoms with E-state index in [0.717, 1.165) is 31.6 Å². The Labute approximate surface area is 152 Å². The topological polar surface area (TPSA) is 81.7 Å². The summed E-state index contributed by atoms with van der Waals surface area (Å²) in [5.41, 5.74) is 2.38. The SMILES string of the molecule is O=C(NCc1ccc(C(=O)O)cc1)NC1CCN(Cc2ccccc2)C1. The smallest absolute Gasteiger partial charge is 0.335 e. The van der Waals surface area contributed by atoms with Crippen molar-refractivity contribution in [1.29, 1.82) is 0 Å². The first kappa shape index (κ1) is 17.9. The maximum Gasteiger partial charge on any atom is 0.335 e. The fraction of sp³-hybridized carbons (Fsp3) is 0.300. The minimum atomic E-state index is -0.955. The van der Waals surface area contributed by atoms with Crippen LogP contribution in [0.3, 0.4) is 0 Å². The third-order valence-corrected chi connectivity index (χ3v) is 4.51. The summed E-state index contributed by atoms with van der Waals surface area (Å²) in [6.07, 6.45) is 0.938. The van der Waals surface area contributed by atoms with E-state index in [-0.39, 0.29) is 17.6 Å². The Morgan fingerprint density at radius 2 is 1.77 bits per heavy atom. The lowest BCUT2D eigenvalue weighted by atomic mass is 10.1. The zero-order valence-electron chi connectivity index (χ0n) is 14.5. The van der Waals surface area contributed by atoms with Crippen molar-refractivity contribution in [1.82, 2.24) is 15.5 Å². The molecule has 0 saturated carbocycles. The number of urea groups is 1. The molecule has 3 N–H and O–H groups in total. The van der Waals surface area contributed by atoms with E-state index in [4.69, 9.17) is 5.11 Å². The maximum absolute atomic E-state index is 12.1. The third kappa shape index (κ3) is 5.07. The number of carboxylic acids is 1. The summed E-state index contributed by atoms with van der Waals surface area (Å²) in [7, 11) is 0. The second kappa shape index (κ2) is 8.49. The number of hydrogen-bond donors (Lipinski definition) is 3. The molecule has 6 nitrogen and oxygen atoms in total. The molecule has 1 aliphatic rings. The van der Waals surface area contributed by atoms with Gasteiger partial charge in [-0.05, 0) is 29.7 Å². The molecule has 1 saturated heterocycles. The number of benzene rings is 2. The van der Waals surface area contributed by atoms with Crippen LogP contribution in [-0.2, 0) is 13.1 Å². The molecule has 1 heterocycles. The molecule has 1 aliphatic heterocycles. The number of carbonyl (C=O) groups is 2. The first-order chi connectivity index (χ1) is 12.6. The average molecular weight is 353 g/mol. The molecule has 1 fully saturated rings. The molecule has 26 heavy (non-hydrogen) atoms. The predicted molar refractivity (Wildman–Crippen MR) is 98.9 cm³/mol. The highest BCUT2D eigenvalue weighted by Gasteiger charge is 2.23. The first-order valence-electron chi connectivity index (χ1n) is 8.73. The van der Waals surface area contributed by atoms with E-state index < -0.39 is 5.97 Å². The van der Waals surface area contributed by atoms with Gasteiger partial charge in [0.05, 0.1) is 5.56 Å². The van der Waals surface area contributed by atoms with Crippen molar-refractivity contribution in [2.75, 3.05) is 13.1 Å². The Bertz CT molecular complexity index is 747. The van der Waals surface area contributed by atoms with Gasteiger partial charge >= 0.3 is 12.0 Å². The monoisotopic (exact) mass is 353 g/mol. The lowest BCUT2D eigenvalue weighted by Crippen LogP contribution is -2.43. The van der Waals surface area contributed by atoms with E-state index in [1.807, 2.05) is 18.2 Å². The maximum atomic E-state index is 12.1. The number of carbonyl (C=O) groups excluding carboxylic acids is 1. The summed E-state index contributed by atoms with van der Waals surface area (Å²) < 4.78 is 0. The van der Waals surface area contributed by atoms with Gasteiger partial charge in [-0.25, -0.2) is 9.59 Å². The van der Waals surface area contributed by atoms with E-state index in [9.17, 15) is 9.59 Å². The van der Waals surface area contributed by atoms with Crippen LogP contribution in [0.1, 0.15) is 27.9 Å². The van der Waals surface area contributed by atoms with Crippen LogP contribution in [-0.4, -0.2) is 41.1 Å². The van der Waals surface area contributed by atoms with Crippen LogP contribution in [0.4, 0.5) is 4.79 Å². The average Bonchev–Trinajstić information content (AvgIpc) is 3.08. The Balaban J connectivity index is 1.40. The molecule has 2 aromatic carbocycles. The third-order valence-electron chi connectivity index (χ3n) is 4.51. The normalized spacial score (nSPS) is 17.0. The van der Waals surface area contributed by atoms with Crippen molar-refractivity contribution in [3.63, 3.8) is 0 Å². The number of rotatable bonds is 6. The first-order valence-corrected chi connectivity index (χ1v) is 8.73. The Kier molecular flexibility index (Phi) is 5.86. The van der Waals surface area contributed by atoms with Crippen molar-refractivity contribution in [3.05, 3.63) is 71.3 Å². The number of carboxylic acid groups (broad SMARTS) is 1. The van der Waals surface area contributed by atoms with E-state index in [1.54, 1.807) is 12.1 Å². The second-order valence-electron chi connectivity index (χ2n) is 6.54. The highest BCUT2D eigenvalue weighted by atomic mass is 16.4. The molecular weight excluding hydrogens is 330 g/mol. The van der Waals surface area contributed by atoms with Gasteiger partial charge in [0, 0.05) is 32.2 Å². The molecule has 0 aliphatic carbocycles. The number of hydrogen-bond acceptors (Lipinski definition) is 3. The number of nitrogens with zero attached hydrogens (tertiary/aromatic N) is 1. The van der Waals surface area contributed by atoms with Crippen LogP contribution in [0.2, 0.25) is 0 Å². The van der Waals surface area contributed by atoms with Gasteiger partial charge in [-0.15, -0.1) is 0 Å². The molecule has 2 aromatic rings. The fourth-order valence-corrected chi connectivity index (χ4v) is 3.12. The van der Waals surface area contributed by atoms with Crippen LogP contribution >= 0.6 is 0 Å². The Morgan fingerprint density at radius 1 is 1.04 bits per heavy atom. The van der Waals surface area contributed by atoms with Crippen LogP contribution in [0.15, 0.2) is 54.6 Å². The Morgan fingerprint density at radius 3 is 2.46 bits per heavy atom. The highest BCUT2D eigenvalue weighted by molar-refractivity contribution is 5.87. The summed E-state index contributed by atoms with van der Waals surface area (Å²) in [5.74, 6) is -0.955. The number of amides is 2. The molecule has 6 heteroatoms. The van der Waals surface area contributed by atoms with Crippen molar-refractivity contribution < 1.29 is 14.7 Å². The molecule has 136 valence electrons. The van der Waals surface area contributed by atoms with Crippen LogP contribution in [0, 0.1) is 0 Å². The number of nitrogens with one attached hydrogen (secondary N) is 2. The molecule has 1 unspecified atom stereocenters. The molecule has 0 spiro atoms. The van der Waals surface area contributed by atoms with Crippen molar-refractivity contribution >= 4 is 12.0 Å². The Hall–Kier alpha value is -2.86. The largest absolute Gasteiger partial charge is 0.478 e. The van der Waals surface area contributed by atoms with Crippen molar-refractivity contribution in [3.8, 4) is 0 Å². The van der Waals surface area contributed by atoms with Gasteiger partial charge in [-0.2, -0.15) is 0 Å². The number of aromatic carboxylic acids is 1. The lowest BCUT2D eigenvalue weighted by Gasteiger charge is -2.17. The standard InChI is InChI=1S/C20H23N3O3/c24-19(25)17-8-6-15(7-9-17)12-21-20(26)22-18-10-11-23(14-18)13-16-4-2-1-3-5-16/h1-9,18H,10-14H2,(H,24,25)(H2,21,22,26). The molecular formula is C20H23N3O3. The van der Waals surface area contributed by atoms with Gasteiger partial charge in [0.2, 0.25) is 0 Å². The predicted octanol–water partition coefficient (Wildman–Crippen LogP) is 2.46. The number of likely N-dealkylation sites (tertiary alicyclic amines) is 1. The quantitative estimate of drug-likeness (QED) is 0.745. The minimum Gasteiger partial charge on any atom is -0.478 e. The van der Waals surface area contributed by atoms with Gasteiger partial charge < -0.3 is 15.7 Å². The lowest BCUT2D eigenvalue weighted by molar-refractivity contribution is 0.0697. The van der Waals surface area contributed by atoms with Gasteiger partial charge in [0.25, 0.3) is 0 Å². The van der Waals surface area contributed by atoms with E-state index >= 15 is 0 Å². The molecule has 0 bridgehead atoms.